The van der Waals surface area contributed by atoms with Gasteiger partial charge in [0.25, 0.3) is 0 Å². The summed E-state index contributed by atoms with van der Waals surface area (Å²) in [6.45, 7) is 8.92. The lowest BCUT2D eigenvalue weighted by Gasteiger charge is -2.23. The van der Waals surface area contributed by atoms with Crippen molar-refractivity contribution in [3.63, 3.8) is 0 Å². The lowest BCUT2D eigenvalue weighted by Crippen LogP contribution is -2.24. The minimum absolute atomic E-state index is 0.134. The highest BCUT2D eigenvalue weighted by atomic mass is 19.2. The van der Waals surface area contributed by atoms with Crippen LogP contribution in [0.3, 0.4) is 0 Å². The highest BCUT2D eigenvalue weighted by Gasteiger charge is 2.19. The Bertz CT molecular complexity index is 627. The summed E-state index contributed by atoms with van der Waals surface area (Å²) >= 11 is 0. The van der Waals surface area contributed by atoms with Crippen molar-refractivity contribution in [2.45, 2.75) is 33.7 Å². The minimum Gasteiger partial charge on any atom is -0.307 e. The van der Waals surface area contributed by atoms with Gasteiger partial charge in [-0.05, 0) is 61.7 Å². The molecule has 1 unspecified atom stereocenters. The summed E-state index contributed by atoms with van der Waals surface area (Å²) in [6, 6.07) is 8.21. The molecule has 0 amide bonds. The van der Waals surface area contributed by atoms with Crippen LogP contribution >= 0.6 is 0 Å². The fourth-order valence-corrected chi connectivity index (χ4v) is 2.93. The fraction of sp³-hybridized carbons (Fsp3) is 0.333. The fourth-order valence-electron chi connectivity index (χ4n) is 2.93. The number of hydrogen-bond acceptors (Lipinski definition) is 1. The highest BCUT2D eigenvalue weighted by Crippen LogP contribution is 2.29. The van der Waals surface area contributed by atoms with Gasteiger partial charge in [-0.1, -0.05) is 30.7 Å². The van der Waals surface area contributed by atoms with E-state index in [0.717, 1.165) is 28.8 Å². The zero-order valence-electron chi connectivity index (χ0n) is 12.9. The van der Waals surface area contributed by atoms with Gasteiger partial charge in [0.1, 0.15) is 0 Å². The second kappa shape index (κ2) is 6.35. The van der Waals surface area contributed by atoms with Crippen LogP contribution in [0.2, 0.25) is 0 Å². The van der Waals surface area contributed by atoms with Gasteiger partial charge < -0.3 is 5.32 Å². The van der Waals surface area contributed by atoms with E-state index in [4.69, 9.17) is 0 Å². The molecule has 0 fully saturated rings. The normalized spacial score (nSPS) is 12.5. The van der Waals surface area contributed by atoms with Crippen LogP contribution in [0.4, 0.5) is 8.78 Å². The topological polar surface area (TPSA) is 12.0 Å². The lowest BCUT2D eigenvalue weighted by atomic mass is 9.90. The maximum atomic E-state index is 13.6. The first-order valence-corrected chi connectivity index (χ1v) is 7.20. The van der Waals surface area contributed by atoms with Crippen molar-refractivity contribution in [2.24, 2.45) is 0 Å². The molecule has 2 aromatic rings. The summed E-state index contributed by atoms with van der Waals surface area (Å²) in [6.07, 6.45) is 0. The van der Waals surface area contributed by atoms with Crippen molar-refractivity contribution in [3.8, 4) is 0 Å². The van der Waals surface area contributed by atoms with Crippen molar-refractivity contribution in [3.05, 3.63) is 69.8 Å². The second-order valence-electron chi connectivity index (χ2n) is 5.48. The van der Waals surface area contributed by atoms with Crippen molar-refractivity contribution in [1.29, 1.82) is 0 Å². The zero-order valence-corrected chi connectivity index (χ0v) is 12.9. The number of hydrogen-bond donors (Lipinski definition) is 1. The van der Waals surface area contributed by atoms with E-state index in [2.05, 4.69) is 38.2 Å². The Kier molecular flexibility index (Phi) is 4.73. The van der Waals surface area contributed by atoms with Crippen LogP contribution in [0, 0.1) is 32.4 Å². The average Bonchev–Trinajstić information content (AvgIpc) is 2.40. The second-order valence-corrected chi connectivity index (χ2v) is 5.48. The predicted octanol–water partition coefficient (Wildman–Crippen LogP) is 4.59. The Labute approximate surface area is 125 Å². The van der Waals surface area contributed by atoms with E-state index in [-0.39, 0.29) is 6.04 Å². The molecule has 0 saturated carbocycles. The van der Waals surface area contributed by atoms with Crippen LogP contribution in [0.15, 0.2) is 30.3 Å². The molecule has 0 radical (unpaired) electrons. The van der Waals surface area contributed by atoms with Crippen molar-refractivity contribution in [1.82, 2.24) is 5.32 Å². The summed E-state index contributed by atoms with van der Waals surface area (Å²) < 4.78 is 26.7. The third kappa shape index (κ3) is 3.30. The van der Waals surface area contributed by atoms with Crippen LogP contribution in [-0.2, 0) is 0 Å². The predicted molar refractivity (Wildman–Crippen MR) is 82.5 cm³/mol. The summed E-state index contributed by atoms with van der Waals surface area (Å²) in [5.74, 6) is -1.62. The third-order valence-electron chi connectivity index (χ3n) is 3.71. The molecular weight excluding hydrogens is 268 g/mol. The zero-order chi connectivity index (χ0) is 15.6. The van der Waals surface area contributed by atoms with Gasteiger partial charge in [-0.3, -0.25) is 0 Å². The number of halogens is 2. The molecule has 1 nitrogen and oxygen atoms in total. The van der Waals surface area contributed by atoms with Crippen LogP contribution < -0.4 is 5.32 Å². The van der Waals surface area contributed by atoms with E-state index in [1.807, 2.05) is 6.92 Å². The first-order chi connectivity index (χ1) is 9.93. The molecule has 0 bridgehead atoms. The SMILES string of the molecule is CCNC(c1ccc(F)c(F)c1)c1c(C)cc(C)cc1C. The molecule has 0 saturated heterocycles. The van der Waals surface area contributed by atoms with Gasteiger partial charge in [0.2, 0.25) is 0 Å². The summed E-state index contributed by atoms with van der Waals surface area (Å²) in [5, 5.41) is 3.37. The van der Waals surface area contributed by atoms with Crippen LogP contribution in [0.1, 0.15) is 40.8 Å². The Morgan fingerprint density at radius 3 is 2.10 bits per heavy atom. The Morgan fingerprint density at radius 1 is 0.952 bits per heavy atom. The third-order valence-corrected chi connectivity index (χ3v) is 3.71. The van der Waals surface area contributed by atoms with E-state index < -0.39 is 11.6 Å². The van der Waals surface area contributed by atoms with Crippen molar-refractivity contribution < 1.29 is 8.78 Å². The molecule has 21 heavy (non-hydrogen) atoms. The smallest absolute Gasteiger partial charge is 0.159 e. The average molecular weight is 289 g/mol. The Balaban J connectivity index is 2.55. The summed E-state index contributed by atoms with van der Waals surface area (Å²) in [7, 11) is 0. The quantitative estimate of drug-likeness (QED) is 0.868. The van der Waals surface area contributed by atoms with Gasteiger partial charge >= 0.3 is 0 Å². The molecule has 1 N–H and O–H groups in total. The Hall–Kier alpha value is -1.74. The van der Waals surface area contributed by atoms with E-state index in [9.17, 15) is 8.78 Å². The largest absolute Gasteiger partial charge is 0.307 e. The lowest BCUT2D eigenvalue weighted by molar-refractivity contribution is 0.503. The molecule has 1 atom stereocenters. The van der Waals surface area contributed by atoms with E-state index in [0.29, 0.717) is 0 Å². The van der Waals surface area contributed by atoms with Gasteiger partial charge in [0.15, 0.2) is 11.6 Å². The van der Waals surface area contributed by atoms with Gasteiger partial charge in [0, 0.05) is 0 Å². The molecule has 0 aliphatic carbocycles. The van der Waals surface area contributed by atoms with Gasteiger partial charge in [-0.2, -0.15) is 0 Å². The van der Waals surface area contributed by atoms with Crippen molar-refractivity contribution >= 4 is 0 Å². The molecule has 0 heterocycles. The van der Waals surface area contributed by atoms with Crippen LogP contribution in [0.5, 0.6) is 0 Å². The number of nitrogens with one attached hydrogen (secondary N) is 1. The standard InChI is InChI=1S/C18H21F2N/c1-5-21-18(14-6-7-15(19)16(20)10-14)17-12(3)8-11(2)9-13(17)4/h6-10,18,21H,5H2,1-4H3. The first-order valence-electron chi connectivity index (χ1n) is 7.20. The van der Waals surface area contributed by atoms with Crippen LogP contribution in [0.25, 0.3) is 0 Å². The molecule has 0 spiro atoms. The van der Waals surface area contributed by atoms with E-state index >= 15 is 0 Å². The highest BCUT2D eigenvalue weighted by molar-refractivity contribution is 5.44. The van der Waals surface area contributed by atoms with Crippen molar-refractivity contribution in [2.75, 3.05) is 6.54 Å². The maximum absolute atomic E-state index is 13.6. The van der Waals surface area contributed by atoms with Gasteiger partial charge in [-0.25, -0.2) is 8.78 Å². The van der Waals surface area contributed by atoms with E-state index in [1.54, 1.807) is 6.07 Å². The molecule has 2 rings (SSSR count). The molecule has 0 aliphatic heterocycles. The van der Waals surface area contributed by atoms with Gasteiger partial charge in [-0.15, -0.1) is 0 Å². The first kappa shape index (κ1) is 15.6. The molecule has 2 aromatic carbocycles. The minimum atomic E-state index is -0.814. The Morgan fingerprint density at radius 2 is 1.57 bits per heavy atom. The molecular formula is C18H21F2N. The van der Waals surface area contributed by atoms with E-state index in [1.165, 1.54) is 17.7 Å². The molecule has 0 aliphatic rings. The molecule has 0 aromatic heterocycles. The number of benzene rings is 2. The summed E-state index contributed by atoms with van der Waals surface area (Å²) in [5.41, 5.74) is 5.39. The number of aryl methyl sites for hydroxylation is 3. The summed E-state index contributed by atoms with van der Waals surface area (Å²) in [4.78, 5) is 0. The maximum Gasteiger partial charge on any atom is 0.159 e. The molecule has 3 heteroatoms. The van der Waals surface area contributed by atoms with Crippen LogP contribution in [-0.4, -0.2) is 6.54 Å². The number of rotatable bonds is 4. The van der Waals surface area contributed by atoms with Gasteiger partial charge in [0.05, 0.1) is 6.04 Å². The molecule has 112 valence electrons. The monoisotopic (exact) mass is 289 g/mol.